The zero-order chi connectivity index (χ0) is 11.5. The molecule has 15 heavy (non-hydrogen) atoms. The van der Waals surface area contributed by atoms with Crippen molar-refractivity contribution < 1.29 is 4.74 Å². The lowest BCUT2D eigenvalue weighted by Gasteiger charge is -2.30. The molecule has 1 saturated carbocycles. The lowest BCUT2D eigenvalue weighted by atomic mass is 9.87. The molecule has 1 aliphatic carbocycles. The largest absolute Gasteiger partial charge is 0.385 e. The Balaban J connectivity index is 2.25. The van der Waals surface area contributed by atoms with Crippen LogP contribution in [-0.4, -0.2) is 26.3 Å². The minimum absolute atomic E-state index is 0.358. The molecule has 90 valence electrons. The Labute approximate surface area is 94.8 Å². The zero-order valence-corrected chi connectivity index (χ0v) is 11.0. The summed E-state index contributed by atoms with van der Waals surface area (Å²) in [5.41, 5.74) is 0.923. The van der Waals surface area contributed by atoms with Gasteiger partial charge in [0.15, 0.2) is 0 Å². The average Bonchev–Trinajstić information content (AvgIpc) is 2.90. The van der Waals surface area contributed by atoms with E-state index in [1.165, 1.54) is 19.3 Å². The Morgan fingerprint density at radius 3 is 2.33 bits per heavy atom. The van der Waals surface area contributed by atoms with Crippen molar-refractivity contribution in [3.63, 3.8) is 0 Å². The second-order valence-corrected chi connectivity index (χ2v) is 6.21. The van der Waals surface area contributed by atoms with Crippen LogP contribution in [0.25, 0.3) is 0 Å². The molecule has 0 aromatic heterocycles. The first kappa shape index (κ1) is 13.0. The minimum atomic E-state index is 0.358. The summed E-state index contributed by atoms with van der Waals surface area (Å²) in [6.07, 6.45) is 3.97. The van der Waals surface area contributed by atoms with Gasteiger partial charge in [-0.15, -0.1) is 0 Å². The molecule has 0 spiro atoms. The fourth-order valence-corrected chi connectivity index (χ4v) is 1.69. The molecule has 1 rings (SSSR count). The SMILES string of the molecule is COCCC1(CNC(C)C(C)(C)C)CC1. The number of rotatable bonds is 6. The first-order valence-electron chi connectivity index (χ1n) is 6.12. The first-order valence-corrected chi connectivity index (χ1v) is 6.12. The molecule has 0 aliphatic heterocycles. The van der Waals surface area contributed by atoms with Crippen LogP contribution in [0.2, 0.25) is 0 Å². The zero-order valence-electron chi connectivity index (χ0n) is 11.0. The van der Waals surface area contributed by atoms with Gasteiger partial charge in [0.25, 0.3) is 0 Å². The molecule has 1 atom stereocenters. The number of methoxy groups -OCH3 is 1. The third-order valence-corrected chi connectivity index (χ3v) is 3.88. The van der Waals surface area contributed by atoms with Crippen molar-refractivity contribution in [1.29, 1.82) is 0 Å². The smallest absolute Gasteiger partial charge is 0.0468 e. The Morgan fingerprint density at radius 2 is 1.93 bits per heavy atom. The van der Waals surface area contributed by atoms with Crippen LogP contribution in [0.3, 0.4) is 0 Å². The van der Waals surface area contributed by atoms with Crippen molar-refractivity contribution in [2.75, 3.05) is 20.3 Å². The van der Waals surface area contributed by atoms with Gasteiger partial charge < -0.3 is 10.1 Å². The van der Waals surface area contributed by atoms with Gasteiger partial charge in [0, 0.05) is 26.3 Å². The van der Waals surface area contributed by atoms with E-state index in [0.717, 1.165) is 13.2 Å². The number of hydrogen-bond acceptors (Lipinski definition) is 2. The molecule has 1 unspecified atom stereocenters. The van der Waals surface area contributed by atoms with Gasteiger partial charge in [-0.2, -0.15) is 0 Å². The highest BCUT2D eigenvalue weighted by molar-refractivity contribution is 4.95. The summed E-state index contributed by atoms with van der Waals surface area (Å²) in [5.74, 6) is 0. The van der Waals surface area contributed by atoms with E-state index in [9.17, 15) is 0 Å². The molecule has 0 bridgehead atoms. The Morgan fingerprint density at radius 1 is 1.33 bits per heavy atom. The molecule has 0 radical (unpaired) electrons. The first-order chi connectivity index (χ1) is 6.90. The summed E-state index contributed by atoms with van der Waals surface area (Å²) < 4.78 is 5.16. The molecule has 1 fully saturated rings. The maximum Gasteiger partial charge on any atom is 0.0468 e. The molecule has 0 aromatic rings. The highest BCUT2D eigenvalue weighted by Crippen LogP contribution is 2.48. The number of hydrogen-bond donors (Lipinski definition) is 1. The number of nitrogens with one attached hydrogen (secondary N) is 1. The van der Waals surface area contributed by atoms with Crippen molar-refractivity contribution >= 4 is 0 Å². The average molecular weight is 213 g/mol. The molecule has 1 aliphatic rings. The second kappa shape index (κ2) is 4.84. The Kier molecular flexibility index (Phi) is 4.19. The van der Waals surface area contributed by atoms with Crippen molar-refractivity contribution in [3.05, 3.63) is 0 Å². The van der Waals surface area contributed by atoms with Crippen molar-refractivity contribution in [1.82, 2.24) is 5.32 Å². The molecule has 2 heteroatoms. The van der Waals surface area contributed by atoms with Gasteiger partial charge in [-0.05, 0) is 37.0 Å². The summed E-state index contributed by atoms with van der Waals surface area (Å²) >= 11 is 0. The maximum atomic E-state index is 5.16. The maximum absolute atomic E-state index is 5.16. The summed E-state index contributed by atoms with van der Waals surface area (Å²) in [6, 6.07) is 0.581. The normalized spacial score (nSPS) is 21.4. The van der Waals surface area contributed by atoms with Crippen molar-refractivity contribution in [2.24, 2.45) is 10.8 Å². The van der Waals surface area contributed by atoms with E-state index in [0.29, 0.717) is 16.9 Å². The van der Waals surface area contributed by atoms with E-state index >= 15 is 0 Å². The van der Waals surface area contributed by atoms with Gasteiger partial charge in [0.05, 0.1) is 0 Å². The molecular weight excluding hydrogens is 186 g/mol. The van der Waals surface area contributed by atoms with E-state index in [-0.39, 0.29) is 0 Å². The van der Waals surface area contributed by atoms with E-state index < -0.39 is 0 Å². The Hall–Kier alpha value is -0.0800. The van der Waals surface area contributed by atoms with E-state index in [2.05, 4.69) is 33.0 Å². The fourth-order valence-electron chi connectivity index (χ4n) is 1.69. The molecule has 0 aromatic carbocycles. The van der Waals surface area contributed by atoms with E-state index in [1.54, 1.807) is 7.11 Å². The van der Waals surface area contributed by atoms with Crippen LogP contribution in [0.4, 0.5) is 0 Å². The number of ether oxygens (including phenoxy) is 1. The molecule has 0 heterocycles. The van der Waals surface area contributed by atoms with Crippen LogP contribution >= 0.6 is 0 Å². The summed E-state index contributed by atoms with van der Waals surface area (Å²) in [4.78, 5) is 0. The second-order valence-electron chi connectivity index (χ2n) is 6.21. The lowest BCUT2D eigenvalue weighted by molar-refractivity contribution is 0.167. The van der Waals surface area contributed by atoms with Gasteiger partial charge in [0.2, 0.25) is 0 Å². The predicted molar refractivity (Wildman–Crippen MR) is 65.1 cm³/mol. The summed E-state index contributed by atoms with van der Waals surface area (Å²) in [6.45, 7) is 11.2. The van der Waals surface area contributed by atoms with Gasteiger partial charge in [-0.25, -0.2) is 0 Å². The Bertz CT molecular complexity index is 191. The van der Waals surface area contributed by atoms with Crippen LogP contribution in [0.5, 0.6) is 0 Å². The van der Waals surface area contributed by atoms with Crippen LogP contribution in [0.1, 0.15) is 47.0 Å². The highest BCUT2D eigenvalue weighted by atomic mass is 16.5. The standard InChI is InChI=1S/C13H27NO/c1-11(12(2,3)4)14-10-13(6-7-13)8-9-15-5/h11,14H,6-10H2,1-5H3. The third-order valence-electron chi connectivity index (χ3n) is 3.88. The minimum Gasteiger partial charge on any atom is -0.385 e. The molecule has 2 nitrogen and oxygen atoms in total. The van der Waals surface area contributed by atoms with Gasteiger partial charge in [-0.3, -0.25) is 0 Å². The van der Waals surface area contributed by atoms with Crippen LogP contribution in [0.15, 0.2) is 0 Å². The monoisotopic (exact) mass is 213 g/mol. The quantitative estimate of drug-likeness (QED) is 0.732. The van der Waals surface area contributed by atoms with Crippen molar-refractivity contribution in [2.45, 2.75) is 53.0 Å². The van der Waals surface area contributed by atoms with Crippen LogP contribution in [0, 0.1) is 10.8 Å². The van der Waals surface area contributed by atoms with E-state index in [1.807, 2.05) is 0 Å². The molecule has 1 N–H and O–H groups in total. The van der Waals surface area contributed by atoms with Crippen LogP contribution < -0.4 is 5.32 Å². The third kappa shape index (κ3) is 4.12. The van der Waals surface area contributed by atoms with E-state index in [4.69, 9.17) is 4.74 Å². The summed E-state index contributed by atoms with van der Waals surface area (Å²) in [7, 11) is 1.79. The highest BCUT2D eigenvalue weighted by Gasteiger charge is 2.42. The van der Waals surface area contributed by atoms with Crippen molar-refractivity contribution in [3.8, 4) is 0 Å². The van der Waals surface area contributed by atoms with Crippen LogP contribution in [-0.2, 0) is 4.74 Å². The van der Waals surface area contributed by atoms with Gasteiger partial charge in [0.1, 0.15) is 0 Å². The topological polar surface area (TPSA) is 21.3 Å². The fraction of sp³-hybridized carbons (Fsp3) is 1.00. The van der Waals surface area contributed by atoms with Gasteiger partial charge in [-0.1, -0.05) is 20.8 Å². The van der Waals surface area contributed by atoms with Gasteiger partial charge >= 0.3 is 0 Å². The molecular formula is C13H27NO. The molecule has 0 amide bonds. The summed E-state index contributed by atoms with van der Waals surface area (Å²) in [5, 5.41) is 3.68. The predicted octanol–water partition coefficient (Wildman–Crippen LogP) is 2.83. The molecule has 0 saturated heterocycles. The lowest BCUT2D eigenvalue weighted by Crippen LogP contribution is -2.40.